The summed E-state index contributed by atoms with van der Waals surface area (Å²) in [5.74, 6) is 1.49. The van der Waals surface area contributed by atoms with Gasteiger partial charge in [-0.3, -0.25) is 0 Å². The van der Waals surface area contributed by atoms with Crippen molar-refractivity contribution in [3.05, 3.63) is 53.6 Å². The highest BCUT2D eigenvalue weighted by atomic mass is 32.2. The molecule has 0 amide bonds. The lowest BCUT2D eigenvalue weighted by Gasteiger charge is -2.10. The first kappa shape index (κ1) is 13.0. The fourth-order valence-corrected chi connectivity index (χ4v) is 2.11. The monoisotopic (exact) mass is 260 g/mol. The van der Waals surface area contributed by atoms with E-state index in [-0.39, 0.29) is 6.61 Å². The summed E-state index contributed by atoms with van der Waals surface area (Å²) in [7, 11) is 0. The van der Waals surface area contributed by atoms with E-state index in [1.165, 1.54) is 4.90 Å². The van der Waals surface area contributed by atoms with Gasteiger partial charge in [-0.15, -0.1) is 11.8 Å². The largest absolute Gasteiger partial charge is 0.457 e. The van der Waals surface area contributed by atoms with Crippen molar-refractivity contribution >= 4 is 11.8 Å². The number of hydrogen-bond acceptors (Lipinski definition) is 3. The molecule has 0 atom stereocenters. The van der Waals surface area contributed by atoms with Crippen LogP contribution in [0.4, 0.5) is 0 Å². The van der Waals surface area contributed by atoms with Crippen LogP contribution in [0.2, 0.25) is 0 Å². The first-order valence-electron chi connectivity index (χ1n) is 5.75. The standard InChI is InChI=1S/C15H16O2S/c1-11-3-8-15(12(9-11)10-16)17-13-4-6-14(18-2)7-5-13/h3-9,16H,10H2,1-2H3. The number of rotatable bonds is 4. The molecule has 0 aromatic heterocycles. The van der Waals surface area contributed by atoms with Crippen LogP contribution in [0.5, 0.6) is 11.5 Å². The van der Waals surface area contributed by atoms with Gasteiger partial charge in [-0.1, -0.05) is 17.7 Å². The van der Waals surface area contributed by atoms with Crippen LogP contribution in [-0.2, 0) is 6.61 Å². The predicted octanol–water partition coefficient (Wildman–Crippen LogP) is 4.00. The molecule has 0 fully saturated rings. The maximum absolute atomic E-state index is 9.32. The molecule has 2 rings (SSSR count). The van der Waals surface area contributed by atoms with Gasteiger partial charge >= 0.3 is 0 Å². The van der Waals surface area contributed by atoms with E-state index in [4.69, 9.17) is 4.74 Å². The van der Waals surface area contributed by atoms with E-state index in [0.29, 0.717) is 5.75 Å². The second-order valence-corrected chi connectivity index (χ2v) is 4.93. The topological polar surface area (TPSA) is 29.5 Å². The molecule has 0 heterocycles. The molecular weight excluding hydrogens is 244 g/mol. The lowest BCUT2D eigenvalue weighted by molar-refractivity contribution is 0.276. The van der Waals surface area contributed by atoms with Crippen LogP contribution in [-0.4, -0.2) is 11.4 Å². The SMILES string of the molecule is CSc1ccc(Oc2ccc(C)cc2CO)cc1. The van der Waals surface area contributed by atoms with Crippen LogP contribution < -0.4 is 4.74 Å². The Kier molecular flexibility index (Phi) is 4.28. The molecule has 0 aliphatic rings. The third kappa shape index (κ3) is 3.06. The van der Waals surface area contributed by atoms with Crippen molar-refractivity contribution in [2.75, 3.05) is 6.26 Å². The Morgan fingerprint density at radius 1 is 1.11 bits per heavy atom. The molecule has 0 saturated heterocycles. The van der Waals surface area contributed by atoms with Crippen LogP contribution in [0.3, 0.4) is 0 Å². The highest BCUT2D eigenvalue weighted by molar-refractivity contribution is 7.98. The van der Waals surface area contributed by atoms with Crippen molar-refractivity contribution in [3.8, 4) is 11.5 Å². The lowest BCUT2D eigenvalue weighted by Crippen LogP contribution is -1.92. The molecule has 2 aromatic carbocycles. The molecule has 0 aliphatic heterocycles. The van der Waals surface area contributed by atoms with Crippen molar-refractivity contribution in [2.45, 2.75) is 18.4 Å². The third-order valence-corrected chi connectivity index (χ3v) is 3.42. The van der Waals surface area contributed by atoms with Gasteiger partial charge in [0.1, 0.15) is 11.5 Å². The van der Waals surface area contributed by atoms with Crippen LogP contribution >= 0.6 is 11.8 Å². The molecule has 0 bridgehead atoms. The molecule has 2 aromatic rings. The van der Waals surface area contributed by atoms with Gasteiger partial charge in [-0.05, 0) is 43.5 Å². The maximum Gasteiger partial charge on any atom is 0.132 e. The van der Waals surface area contributed by atoms with Crippen molar-refractivity contribution in [3.63, 3.8) is 0 Å². The fraction of sp³-hybridized carbons (Fsp3) is 0.200. The number of aryl methyl sites for hydroxylation is 1. The Labute approximate surface area is 112 Å². The van der Waals surface area contributed by atoms with E-state index in [1.807, 2.05) is 55.6 Å². The number of hydrogen-bond donors (Lipinski definition) is 1. The van der Waals surface area contributed by atoms with E-state index in [2.05, 4.69) is 0 Å². The highest BCUT2D eigenvalue weighted by Gasteiger charge is 2.04. The normalized spacial score (nSPS) is 10.4. The van der Waals surface area contributed by atoms with Crippen LogP contribution in [0.15, 0.2) is 47.4 Å². The smallest absolute Gasteiger partial charge is 0.132 e. The average Bonchev–Trinajstić information content (AvgIpc) is 2.41. The fourth-order valence-electron chi connectivity index (χ4n) is 1.70. The maximum atomic E-state index is 9.32. The summed E-state index contributed by atoms with van der Waals surface area (Å²) in [5, 5.41) is 9.32. The van der Waals surface area contributed by atoms with Crippen molar-refractivity contribution < 1.29 is 9.84 Å². The molecule has 0 spiro atoms. The minimum Gasteiger partial charge on any atom is -0.457 e. The number of benzene rings is 2. The molecule has 0 unspecified atom stereocenters. The van der Waals surface area contributed by atoms with E-state index < -0.39 is 0 Å². The Bertz CT molecular complexity index is 521. The first-order valence-corrected chi connectivity index (χ1v) is 6.97. The zero-order chi connectivity index (χ0) is 13.0. The number of aliphatic hydroxyl groups excluding tert-OH is 1. The summed E-state index contributed by atoms with van der Waals surface area (Å²) < 4.78 is 5.79. The zero-order valence-electron chi connectivity index (χ0n) is 10.5. The molecule has 0 saturated carbocycles. The summed E-state index contributed by atoms with van der Waals surface area (Å²) in [6, 6.07) is 13.7. The summed E-state index contributed by atoms with van der Waals surface area (Å²) in [6.45, 7) is 1.98. The van der Waals surface area contributed by atoms with E-state index in [9.17, 15) is 5.11 Å². The number of thioether (sulfide) groups is 1. The molecule has 2 nitrogen and oxygen atoms in total. The summed E-state index contributed by atoms with van der Waals surface area (Å²) in [4.78, 5) is 1.20. The lowest BCUT2D eigenvalue weighted by atomic mass is 10.1. The van der Waals surface area contributed by atoms with Gasteiger partial charge in [0.25, 0.3) is 0 Å². The predicted molar refractivity (Wildman–Crippen MR) is 75.4 cm³/mol. The second-order valence-electron chi connectivity index (χ2n) is 4.05. The molecule has 0 radical (unpaired) electrons. The van der Waals surface area contributed by atoms with Gasteiger partial charge in [0.2, 0.25) is 0 Å². The summed E-state index contributed by atoms with van der Waals surface area (Å²) in [5.41, 5.74) is 1.92. The second kappa shape index (κ2) is 5.94. The zero-order valence-corrected chi connectivity index (χ0v) is 11.3. The minimum absolute atomic E-state index is 0.0140. The number of ether oxygens (including phenoxy) is 1. The summed E-state index contributed by atoms with van der Waals surface area (Å²) in [6.07, 6.45) is 2.04. The van der Waals surface area contributed by atoms with Crippen LogP contribution in [0, 0.1) is 6.92 Å². The Balaban J connectivity index is 2.22. The van der Waals surface area contributed by atoms with E-state index >= 15 is 0 Å². The van der Waals surface area contributed by atoms with Gasteiger partial charge in [0.15, 0.2) is 0 Å². The van der Waals surface area contributed by atoms with E-state index in [0.717, 1.165) is 16.9 Å². The third-order valence-electron chi connectivity index (χ3n) is 2.67. The van der Waals surface area contributed by atoms with Crippen molar-refractivity contribution in [1.29, 1.82) is 0 Å². The van der Waals surface area contributed by atoms with Gasteiger partial charge in [0, 0.05) is 10.5 Å². The van der Waals surface area contributed by atoms with Gasteiger partial charge in [-0.2, -0.15) is 0 Å². The van der Waals surface area contributed by atoms with E-state index in [1.54, 1.807) is 11.8 Å². The van der Waals surface area contributed by atoms with Gasteiger partial charge < -0.3 is 9.84 Å². The van der Waals surface area contributed by atoms with Crippen molar-refractivity contribution in [2.24, 2.45) is 0 Å². The first-order chi connectivity index (χ1) is 8.72. The van der Waals surface area contributed by atoms with Gasteiger partial charge in [0.05, 0.1) is 6.61 Å². The minimum atomic E-state index is -0.0140. The molecule has 3 heteroatoms. The molecule has 94 valence electrons. The molecule has 18 heavy (non-hydrogen) atoms. The van der Waals surface area contributed by atoms with Crippen LogP contribution in [0.1, 0.15) is 11.1 Å². The van der Waals surface area contributed by atoms with Crippen molar-refractivity contribution in [1.82, 2.24) is 0 Å². The Hall–Kier alpha value is -1.45. The molecule has 1 N–H and O–H groups in total. The quantitative estimate of drug-likeness (QED) is 0.842. The highest BCUT2D eigenvalue weighted by Crippen LogP contribution is 2.27. The van der Waals surface area contributed by atoms with Crippen LogP contribution in [0.25, 0.3) is 0 Å². The van der Waals surface area contributed by atoms with Gasteiger partial charge in [-0.25, -0.2) is 0 Å². The Morgan fingerprint density at radius 3 is 2.44 bits per heavy atom. The summed E-state index contributed by atoms with van der Waals surface area (Å²) >= 11 is 1.70. The molecule has 0 aliphatic carbocycles. The number of aliphatic hydroxyl groups is 1. The Morgan fingerprint density at radius 2 is 1.83 bits per heavy atom. The molecular formula is C15H16O2S. The average molecular weight is 260 g/mol.